The predicted octanol–water partition coefficient (Wildman–Crippen LogP) is 3.41. The van der Waals surface area contributed by atoms with Crippen LogP contribution in [-0.4, -0.2) is 13.2 Å². The van der Waals surface area contributed by atoms with E-state index in [0.29, 0.717) is 11.8 Å². The Kier molecular flexibility index (Phi) is 3.77. The lowest BCUT2D eigenvalue weighted by molar-refractivity contribution is 0.187. The Labute approximate surface area is 97.8 Å². The van der Waals surface area contributed by atoms with Gasteiger partial charge in [0.2, 0.25) is 9.05 Å². The summed E-state index contributed by atoms with van der Waals surface area (Å²) in [4.78, 5) is 0. The van der Waals surface area contributed by atoms with Gasteiger partial charge >= 0.3 is 0 Å². The second-order valence-electron chi connectivity index (χ2n) is 5.66. The van der Waals surface area contributed by atoms with Crippen molar-refractivity contribution in [3.63, 3.8) is 0 Å². The lowest BCUT2D eigenvalue weighted by Crippen LogP contribution is -2.41. The van der Waals surface area contributed by atoms with Gasteiger partial charge in [0.1, 0.15) is 0 Å². The van der Waals surface area contributed by atoms with Gasteiger partial charge in [0.15, 0.2) is 0 Å². The van der Waals surface area contributed by atoms with E-state index in [4.69, 9.17) is 10.7 Å². The molecule has 0 amide bonds. The fraction of sp³-hybridized carbons (Fsp3) is 1.00. The molecule has 0 saturated heterocycles. The quantitative estimate of drug-likeness (QED) is 0.706. The van der Waals surface area contributed by atoms with Gasteiger partial charge in [-0.25, -0.2) is 8.42 Å². The van der Waals surface area contributed by atoms with E-state index in [2.05, 4.69) is 13.8 Å². The average molecular weight is 253 g/mol. The molecule has 2 atom stereocenters. The summed E-state index contributed by atoms with van der Waals surface area (Å²) < 4.78 is 22.3. The topological polar surface area (TPSA) is 34.1 Å². The monoisotopic (exact) mass is 252 g/mol. The molecule has 1 saturated carbocycles. The molecule has 15 heavy (non-hydrogen) atoms. The van der Waals surface area contributed by atoms with Crippen molar-refractivity contribution in [3.05, 3.63) is 0 Å². The minimum atomic E-state index is -3.48. The van der Waals surface area contributed by atoms with Gasteiger partial charge in [-0.2, -0.15) is 0 Å². The Balaban J connectivity index is 2.88. The molecular formula is C11H21ClO2S. The molecule has 0 aromatic heterocycles. The first-order valence-electron chi connectivity index (χ1n) is 5.58. The molecule has 1 fully saturated rings. The Bertz CT molecular complexity index is 311. The predicted molar refractivity (Wildman–Crippen MR) is 64.5 cm³/mol. The lowest BCUT2D eigenvalue weighted by atomic mass is 9.72. The van der Waals surface area contributed by atoms with E-state index in [1.165, 1.54) is 6.42 Å². The number of hydrogen-bond donors (Lipinski definition) is 0. The molecule has 0 N–H and O–H groups in total. The summed E-state index contributed by atoms with van der Waals surface area (Å²) in [5, 5.41) is 0. The van der Waals surface area contributed by atoms with Gasteiger partial charge in [-0.1, -0.05) is 13.8 Å². The molecule has 0 radical (unpaired) electrons. The van der Waals surface area contributed by atoms with Crippen LogP contribution in [0, 0.1) is 17.8 Å². The van der Waals surface area contributed by atoms with Gasteiger partial charge in [0.25, 0.3) is 0 Å². The zero-order valence-electron chi connectivity index (χ0n) is 9.96. The molecule has 90 valence electrons. The zero-order valence-corrected chi connectivity index (χ0v) is 11.5. The van der Waals surface area contributed by atoms with Crippen LogP contribution in [0.5, 0.6) is 0 Å². The average Bonchev–Trinajstić information content (AvgIpc) is 1.99. The van der Waals surface area contributed by atoms with Crippen molar-refractivity contribution in [2.45, 2.75) is 51.7 Å². The maximum atomic E-state index is 11.5. The molecule has 2 nitrogen and oxygen atoms in total. The third-order valence-corrected chi connectivity index (χ3v) is 6.57. The van der Waals surface area contributed by atoms with Gasteiger partial charge in [0, 0.05) is 10.7 Å². The molecular weight excluding hydrogens is 232 g/mol. The van der Waals surface area contributed by atoms with Crippen LogP contribution in [0.15, 0.2) is 0 Å². The standard InChI is InChI=1S/C11H21ClO2S/c1-8-5-9(2)7-10(6-8)11(3,4)15(12,13)14/h8-10H,5-7H2,1-4H3. The zero-order chi connectivity index (χ0) is 11.9. The van der Waals surface area contributed by atoms with E-state index in [9.17, 15) is 8.42 Å². The third kappa shape index (κ3) is 2.88. The van der Waals surface area contributed by atoms with Crippen molar-refractivity contribution >= 4 is 19.7 Å². The van der Waals surface area contributed by atoms with Gasteiger partial charge in [-0.15, -0.1) is 0 Å². The molecule has 0 heterocycles. The summed E-state index contributed by atoms with van der Waals surface area (Å²) in [6, 6.07) is 0. The van der Waals surface area contributed by atoms with Crippen molar-refractivity contribution < 1.29 is 8.42 Å². The van der Waals surface area contributed by atoms with Crippen LogP contribution in [0.25, 0.3) is 0 Å². The summed E-state index contributed by atoms with van der Waals surface area (Å²) >= 11 is 0. The summed E-state index contributed by atoms with van der Waals surface area (Å²) in [5.74, 6) is 1.41. The second kappa shape index (κ2) is 4.25. The smallest absolute Gasteiger partial charge is 0.212 e. The molecule has 4 heteroatoms. The molecule has 0 aromatic carbocycles. The van der Waals surface area contributed by atoms with Gasteiger partial charge < -0.3 is 0 Å². The van der Waals surface area contributed by atoms with Crippen LogP contribution in [0.3, 0.4) is 0 Å². The first-order chi connectivity index (χ1) is 6.64. The van der Waals surface area contributed by atoms with Crippen molar-refractivity contribution in [1.29, 1.82) is 0 Å². The summed E-state index contributed by atoms with van der Waals surface area (Å²) in [6.07, 6.45) is 3.15. The van der Waals surface area contributed by atoms with E-state index in [0.717, 1.165) is 12.8 Å². The highest BCUT2D eigenvalue weighted by Gasteiger charge is 2.43. The van der Waals surface area contributed by atoms with E-state index in [1.54, 1.807) is 13.8 Å². The molecule has 0 bridgehead atoms. The molecule has 1 rings (SSSR count). The van der Waals surface area contributed by atoms with Crippen LogP contribution >= 0.6 is 10.7 Å². The molecule has 0 spiro atoms. The minimum absolute atomic E-state index is 0.193. The molecule has 0 aromatic rings. The molecule has 1 aliphatic carbocycles. The van der Waals surface area contributed by atoms with Crippen LogP contribution in [0.4, 0.5) is 0 Å². The Morgan fingerprint density at radius 2 is 1.47 bits per heavy atom. The second-order valence-corrected chi connectivity index (χ2v) is 8.80. The Hall–Kier alpha value is 0.240. The maximum Gasteiger partial charge on any atom is 0.238 e. The summed E-state index contributed by atoms with van der Waals surface area (Å²) in [7, 11) is 2.05. The molecule has 0 aliphatic heterocycles. The van der Waals surface area contributed by atoms with Crippen molar-refractivity contribution in [2.75, 3.05) is 0 Å². The Morgan fingerprint density at radius 1 is 1.07 bits per heavy atom. The van der Waals surface area contributed by atoms with Gasteiger partial charge in [0.05, 0.1) is 4.75 Å². The molecule has 1 aliphatic rings. The first-order valence-corrected chi connectivity index (χ1v) is 7.89. The highest BCUT2D eigenvalue weighted by atomic mass is 35.7. The van der Waals surface area contributed by atoms with E-state index < -0.39 is 13.8 Å². The molecule has 2 unspecified atom stereocenters. The summed E-state index contributed by atoms with van der Waals surface area (Å²) in [6.45, 7) is 7.90. The lowest BCUT2D eigenvalue weighted by Gasteiger charge is -2.39. The number of hydrogen-bond acceptors (Lipinski definition) is 2. The minimum Gasteiger partial charge on any atom is -0.212 e. The first kappa shape index (κ1) is 13.3. The van der Waals surface area contributed by atoms with E-state index >= 15 is 0 Å². The fourth-order valence-corrected chi connectivity index (χ4v) is 3.68. The third-order valence-electron chi connectivity index (χ3n) is 3.79. The van der Waals surface area contributed by atoms with Gasteiger partial charge in [-0.3, -0.25) is 0 Å². The van der Waals surface area contributed by atoms with Crippen molar-refractivity contribution in [2.24, 2.45) is 17.8 Å². The van der Waals surface area contributed by atoms with Crippen LogP contribution in [0.1, 0.15) is 47.0 Å². The van der Waals surface area contributed by atoms with E-state index in [-0.39, 0.29) is 5.92 Å². The summed E-state index contributed by atoms with van der Waals surface area (Å²) in [5.41, 5.74) is 0. The highest BCUT2D eigenvalue weighted by Crippen LogP contribution is 2.42. The van der Waals surface area contributed by atoms with Crippen LogP contribution in [0.2, 0.25) is 0 Å². The largest absolute Gasteiger partial charge is 0.238 e. The normalized spacial score (nSPS) is 34.1. The Morgan fingerprint density at radius 3 is 1.80 bits per heavy atom. The number of halogens is 1. The van der Waals surface area contributed by atoms with Gasteiger partial charge in [-0.05, 0) is 50.9 Å². The van der Waals surface area contributed by atoms with Crippen LogP contribution in [-0.2, 0) is 9.05 Å². The maximum absolute atomic E-state index is 11.5. The van der Waals surface area contributed by atoms with Crippen LogP contribution < -0.4 is 0 Å². The number of rotatable bonds is 2. The van der Waals surface area contributed by atoms with Crippen molar-refractivity contribution in [3.8, 4) is 0 Å². The van der Waals surface area contributed by atoms with E-state index in [1.807, 2.05) is 0 Å². The van der Waals surface area contributed by atoms with Crippen molar-refractivity contribution in [1.82, 2.24) is 0 Å². The highest BCUT2D eigenvalue weighted by molar-refractivity contribution is 8.14. The fourth-order valence-electron chi connectivity index (χ4n) is 2.71. The SMILES string of the molecule is CC1CC(C)CC(C(C)(C)S(=O)(=O)Cl)C1.